The number of hydrazine groups is 1. The van der Waals surface area contributed by atoms with E-state index in [9.17, 15) is 9.00 Å². The monoisotopic (exact) mass is 576 g/mol. The minimum absolute atomic E-state index is 0.00563. The molecule has 1 heterocycles. The normalized spacial score (nSPS) is 23.4. The van der Waals surface area contributed by atoms with Crippen LogP contribution in [0.4, 0.5) is 10.1 Å². The number of nitrogens with two attached hydrogens (primary N) is 2. The zero-order valence-electron chi connectivity index (χ0n) is 21.8. The van der Waals surface area contributed by atoms with Crippen molar-refractivity contribution < 1.29 is 18.1 Å². The van der Waals surface area contributed by atoms with Gasteiger partial charge in [0.25, 0.3) is 5.91 Å². The molecule has 0 bridgehead atoms. The molecule has 0 aromatic heterocycles. The number of ether oxygens (including phenoxy) is 1. The third-order valence-corrected chi connectivity index (χ3v) is 9.35. The van der Waals surface area contributed by atoms with Crippen molar-refractivity contribution >= 4 is 40.0 Å². The summed E-state index contributed by atoms with van der Waals surface area (Å²) in [5.41, 5.74) is 7.21. The van der Waals surface area contributed by atoms with Gasteiger partial charge in [-0.1, -0.05) is 35.9 Å². The van der Waals surface area contributed by atoms with Crippen LogP contribution in [0.3, 0.4) is 0 Å². The number of amidine groups is 1. The van der Waals surface area contributed by atoms with E-state index in [4.69, 9.17) is 27.9 Å². The molecule has 4 N–H and O–H groups in total. The van der Waals surface area contributed by atoms with Gasteiger partial charge in [-0.15, -0.1) is 5.10 Å². The fraction of sp³-hybridized carbons (Fsp3) is 0.481. The van der Waals surface area contributed by atoms with Crippen molar-refractivity contribution in [2.24, 2.45) is 22.6 Å². The van der Waals surface area contributed by atoms with Gasteiger partial charge >= 0.3 is 0 Å². The average Bonchev–Trinajstić information content (AvgIpc) is 3.81. The van der Waals surface area contributed by atoms with E-state index in [1.807, 2.05) is 17.0 Å². The maximum absolute atomic E-state index is 15.0. The third kappa shape index (κ3) is 6.54. The van der Waals surface area contributed by atoms with Crippen LogP contribution in [-0.4, -0.2) is 63.6 Å². The summed E-state index contributed by atoms with van der Waals surface area (Å²) in [6, 6.07) is 13.0. The molecule has 2 saturated carbocycles. The molecule has 2 aromatic carbocycles. The van der Waals surface area contributed by atoms with Gasteiger partial charge in [-0.2, -0.15) is 0 Å². The first-order chi connectivity index (χ1) is 18.7. The highest BCUT2D eigenvalue weighted by molar-refractivity contribution is 7.87. The van der Waals surface area contributed by atoms with Gasteiger partial charge in [0.2, 0.25) is 0 Å². The molecule has 3 aliphatic rings. The highest BCUT2D eigenvalue weighted by Gasteiger charge is 2.48. The zero-order valence-corrected chi connectivity index (χ0v) is 23.4. The molecule has 5 rings (SSSR count). The predicted molar refractivity (Wildman–Crippen MR) is 150 cm³/mol. The molecule has 1 saturated heterocycles. The van der Waals surface area contributed by atoms with Crippen molar-refractivity contribution in [1.82, 2.24) is 10.0 Å². The van der Waals surface area contributed by atoms with E-state index < -0.39 is 28.9 Å². The lowest BCUT2D eigenvalue weighted by Gasteiger charge is -2.45. The highest BCUT2D eigenvalue weighted by Crippen LogP contribution is 2.43. The van der Waals surface area contributed by atoms with Crippen LogP contribution in [0.1, 0.15) is 43.7 Å². The Labute approximate surface area is 235 Å². The number of halogens is 2. The van der Waals surface area contributed by atoms with Crippen LogP contribution in [0, 0.1) is 11.7 Å². The van der Waals surface area contributed by atoms with Gasteiger partial charge < -0.3 is 15.4 Å². The van der Waals surface area contributed by atoms with Gasteiger partial charge in [0.05, 0.1) is 36.2 Å². The molecular weight excluding hydrogens is 543 g/mol. The summed E-state index contributed by atoms with van der Waals surface area (Å²) < 4.78 is 36.3. The molecule has 2 aliphatic carbocycles. The lowest BCUT2D eigenvalue weighted by Crippen LogP contribution is -2.58. The van der Waals surface area contributed by atoms with Gasteiger partial charge in [-0.25, -0.2) is 19.6 Å². The van der Waals surface area contributed by atoms with Crippen molar-refractivity contribution in [2.75, 3.05) is 24.5 Å². The van der Waals surface area contributed by atoms with Gasteiger partial charge in [0.1, 0.15) is 28.7 Å². The lowest BCUT2D eigenvalue weighted by atomic mass is 9.97. The number of amides is 1. The summed E-state index contributed by atoms with van der Waals surface area (Å²) in [6.45, 7) is 0.477. The summed E-state index contributed by atoms with van der Waals surface area (Å²) >= 11 is 6.15. The molecule has 0 spiro atoms. The molecule has 4 atom stereocenters. The first kappa shape index (κ1) is 27.8. The number of morpholine rings is 1. The minimum Gasteiger partial charge on any atom is -0.386 e. The number of benzene rings is 2. The molecule has 210 valence electrons. The number of hydrogen-bond donors (Lipinski definition) is 2. The van der Waals surface area contributed by atoms with E-state index in [-0.39, 0.29) is 54.2 Å². The maximum Gasteiger partial charge on any atom is 0.253 e. The van der Waals surface area contributed by atoms with Crippen LogP contribution in [0.15, 0.2) is 53.6 Å². The molecule has 0 radical (unpaired) electrons. The second kappa shape index (κ2) is 11.8. The molecule has 3 fully saturated rings. The molecule has 1 aliphatic heterocycles. The van der Waals surface area contributed by atoms with Gasteiger partial charge in [0.15, 0.2) is 0 Å². The first-order valence-corrected chi connectivity index (χ1v) is 14.7. The molecule has 39 heavy (non-hydrogen) atoms. The van der Waals surface area contributed by atoms with Gasteiger partial charge in [-0.3, -0.25) is 9.10 Å². The first-order valence-electron chi connectivity index (χ1n) is 13.2. The number of nitrogens with zero attached hydrogens (tertiary/aromatic N) is 4. The standard InChI is InChI=1S/C27H34ClFN6O3S/c1-33(31)32-26(30)14-25-27(36)35(24(16-38-25)18-8-10-19(28)11-9-18)23(17-6-7-17)15-34(39(37)20-12-13-20)22-5-3-2-4-21(22)29/h2-5,8-11,17,20,23-25H,6-7,12-16,31H2,1H3,(H2,30,32). The Hall–Kier alpha value is -2.73. The molecule has 9 nitrogen and oxygen atoms in total. The highest BCUT2D eigenvalue weighted by atomic mass is 35.5. The minimum atomic E-state index is -1.42. The second-order valence-corrected chi connectivity index (χ2v) is 12.5. The van der Waals surface area contributed by atoms with Crippen molar-refractivity contribution in [2.45, 2.75) is 55.5 Å². The fourth-order valence-electron chi connectivity index (χ4n) is 5.08. The summed E-state index contributed by atoms with van der Waals surface area (Å²) in [5.74, 6) is 5.30. The lowest BCUT2D eigenvalue weighted by molar-refractivity contribution is -0.164. The van der Waals surface area contributed by atoms with Crippen LogP contribution >= 0.6 is 11.6 Å². The van der Waals surface area contributed by atoms with Gasteiger partial charge in [0, 0.05) is 18.5 Å². The Morgan fingerprint density at radius 2 is 1.90 bits per heavy atom. The zero-order chi connectivity index (χ0) is 27.7. The number of rotatable bonds is 11. The van der Waals surface area contributed by atoms with Crippen molar-refractivity contribution in [3.05, 3.63) is 64.9 Å². The summed E-state index contributed by atoms with van der Waals surface area (Å²) in [7, 11) is 0.121. The number of hydrogen-bond acceptors (Lipinski definition) is 6. The Bertz CT molecular complexity index is 1240. The molecule has 1 amide bonds. The van der Waals surface area contributed by atoms with Crippen molar-refractivity contribution in [3.63, 3.8) is 0 Å². The quantitative estimate of drug-likeness (QED) is 0.183. The van der Waals surface area contributed by atoms with Crippen LogP contribution in [0.2, 0.25) is 5.02 Å². The number of hydrazone groups is 1. The summed E-state index contributed by atoms with van der Waals surface area (Å²) in [4.78, 5) is 16.0. The number of carbonyl (C=O) groups is 1. The smallest absolute Gasteiger partial charge is 0.253 e. The van der Waals surface area contributed by atoms with Crippen LogP contribution < -0.4 is 15.9 Å². The van der Waals surface area contributed by atoms with Crippen LogP contribution in [0.25, 0.3) is 0 Å². The maximum atomic E-state index is 15.0. The van der Waals surface area contributed by atoms with E-state index in [0.29, 0.717) is 5.02 Å². The Kier molecular flexibility index (Phi) is 8.41. The summed E-state index contributed by atoms with van der Waals surface area (Å²) in [5, 5.41) is 5.68. The van der Waals surface area contributed by atoms with E-state index in [1.165, 1.54) is 6.07 Å². The Morgan fingerprint density at radius 3 is 2.51 bits per heavy atom. The van der Waals surface area contributed by atoms with Crippen LogP contribution in [-0.2, 0) is 20.5 Å². The SMILES string of the molecule is CN(N)/N=C(\N)CC1OCC(c2ccc(Cl)cc2)N(C(CN(c2ccccc2F)S(=O)C2CC2)C2CC2)C1=O. The fourth-order valence-corrected chi connectivity index (χ4v) is 6.75. The molecule has 2 aromatic rings. The third-order valence-electron chi connectivity index (χ3n) is 7.28. The Morgan fingerprint density at radius 1 is 1.21 bits per heavy atom. The number of carbonyl (C=O) groups excluding carboxylic acids is 1. The van der Waals surface area contributed by atoms with E-state index in [1.54, 1.807) is 41.7 Å². The molecule has 12 heteroatoms. The predicted octanol–water partition coefficient (Wildman–Crippen LogP) is 3.33. The largest absolute Gasteiger partial charge is 0.386 e. The summed E-state index contributed by atoms with van der Waals surface area (Å²) in [6.07, 6.45) is 2.76. The van der Waals surface area contributed by atoms with Crippen LogP contribution in [0.5, 0.6) is 0 Å². The molecular formula is C27H34ClFN6O3S. The Balaban J connectivity index is 1.51. The van der Waals surface area contributed by atoms with Crippen molar-refractivity contribution in [1.29, 1.82) is 0 Å². The number of anilines is 1. The molecule has 4 unspecified atom stereocenters. The van der Waals surface area contributed by atoms with Gasteiger partial charge in [-0.05, 0) is 61.4 Å². The average molecular weight is 577 g/mol. The van der Waals surface area contributed by atoms with E-state index in [0.717, 1.165) is 36.4 Å². The topological polar surface area (TPSA) is 117 Å². The van der Waals surface area contributed by atoms with E-state index in [2.05, 4.69) is 5.10 Å². The number of para-hydroxylation sites is 1. The van der Waals surface area contributed by atoms with Crippen molar-refractivity contribution in [3.8, 4) is 0 Å². The van der Waals surface area contributed by atoms with E-state index >= 15 is 4.39 Å². The second-order valence-electron chi connectivity index (χ2n) is 10.4.